The maximum atomic E-state index is 13.7. The zero-order valence-corrected chi connectivity index (χ0v) is 18.5. The minimum atomic E-state index is -4.00. The molecular weight excluding hydrogens is 407 g/mol. The Kier molecular flexibility index (Phi) is 6.47. The molecular formula is C22H27FN2O4S. The lowest BCUT2D eigenvalue weighted by molar-refractivity contribution is -0.123. The molecule has 1 aliphatic rings. The van der Waals surface area contributed by atoms with Crippen LogP contribution in [0.25, 0.3) is 0 Å². The van der Waals surface area contributed by atoms with Crippen molar-refractivity contribution in [2.75, 3.05) is 32.1 Å². The molecule has 1 saturated heterocycles. The first-order valence-electron chi connectivity index (χ1n) is 9.83. The molecule has 0 saturated carbocycles. The minimum Gasteiger partial charge on any atom is -0.495 e. The second-order valence-corrected chi connectivity index (χ2v) is 9.57. The van der Waals surface area contributed by atoms with Gasteiger partial charge in [0, 0.05) is 25.8 Å². The van der Waals surface area contributed by atoms with E-state index in [9.17, 15) is 17.6 Å². The van der Waals surface area contributed by atoms with Gasteiger partial charge in [-0.1, -0.05) is 6.07 Å². The Morgan fingerprint density at radius 2 is 1.90 bits per heavy atom. The zero-order chi connectivity index (χ0) is 22.1. The second-order valence-electron chi connectivity index (χ2n) is 7.66. The van der Waals surface area contributed by atoms with Gasteiger partial charge in [-0.05, 0) is 68.1 Å². The summed E-state index contributed by atoms with van der Waals surface area (Å²) in [5, 5.41) is 0. The highest BCUT2D eigenvalue weighted by molar-refractivity contribution is 7.89. The van der Waals surface area contributed by atoms with Crippen molar-refractivity contribution in [2.45, 2.75) is 31.6 Å². The molecule has 8 heteroatoms. The normalized spacial score (nSPS) is 17.6. The first kappa shape index (κ1) is 22.2. The monoisotopic (exact) mass is 434 g/mol. The molecule has 0 aliphatic carbocycles. The van der Waals surface area contributed by atoms with Crippen molar-refractivity contribution in [3.63, 3.8) is 0 Å². The number of piperidine rings is 1. The number of halogens is 1. The van der Waals surface area contributed by atoms with E-state index in [0.717, 1.165) is 28.9 Å². The lowest BCUT2D eigenvalue weighted by Crippen LogP contribution is -2.46. The van der Waals surface area contributed by atoms with Gasteiger partial charge in [-0.3, -0.25) is 4.79 Å². The highest BCUT2D eigenvalue weighted by Gasteiger charge is 2.36. The number of nitrogens with zero attached hydrogens (tertiary/aromatic N) is 2. The summed E-state index contributed by atoms with van der Waals surface area (Å²) >= 11 is 0. The standard InChI is InChI=1S/C22H27FN2O4S/c1-15-7-9-19(12-16(15)2)24(3)22(26)17-6-5-11-25(14-17)30(27,28)21-13-18(23)8-10-20(21)29-4/h7-10,12-13,17H,5-6,11,14H2,1-4H3/t17-/m1/s1. The Hall–Kier alpha value is -2.45. The number of ether oxygens (including phenoxy) is 1. The van der Waals surface area contributed by atoms with Crippen LogP contribution in [0.3, 0.4) is 0 Å². The fourth-order valence-electron chi connectivity index (χ4n) is 3.69. The van der Waals surface area contributed by atoms with Gasteiger partial charge in [0.05, 0.1) is 13.0 Å². The molecule has 0 bridgehead atoms. The molecule has 0 unspecified atom stereocenters. The maximum absolute atomic E-state index is 13.7. The molecule has 1 atom stereocenters. The maximum Gasteiger partial charge on any atom is 0.246 e. The van der Waals surface area contributed by atoms with Crippen molar-refractivity contribution in [2.24, 2.45) is 5.92 Å². The van der Waals surface area contributed by atoms with Crippen molar-refractivity contribution < 1.29 is 22.3 Å². The number of anilines is 1. The molecule has 30 heavy (non-hydrogen) atoms. The first-order chi connectivity index (χ1) is 14.1. The highest BCUT2D eigenvalue weighted by atomic mass is 32.2. The number of carbonyl (C=O) groups is 1. The third-order valence-corrected chi connectivity index (χ3v) is 7.57. The van der Waals surface area contributed by atoms with Crippen LogP contribution in [-0.4, -0.2) is 45.9 Å². The second kappa shape index (κ2) is 8.73. The Bertz CT molecular complexity index is 1060. The van der Waals surface area contributed by atoms with E-state index in [2.05, 4.69) is 0 Å². The van der Waals surface area contributed by atoms with E-state index in [1.807, 2.05) is 32.0 Å². The molecule has 0 spiro atoms. The van der Waals surface area contributed by atoms with Crippen LogP contribution in [0.1, 0.15) is 24.0 Å². The average Bonchev–Trinajstić information content (AvgIpc) is 2.74. The molecule has 162 valence electrons. The van der Waals surface area contributed by atoms with Crippen LogP contribution >= 0.6 is 0 Å². The van der Waals surface area contributed by atoms with Crippen LogP contribution in [0.15, 0.2) is 41.3 Å². The van der Waals surface area contributed by atoms with E-state index < -0.39 is 21.8 Å². The molecule has 1 fully saturated rings. The summed E-state index contributed by atoms with van der Waals surface area (Å²) in [7, 11) is -0.954. The molecule has 2 aromatic rings. The third kappa shape index (κ3) is 4.34. The molecule has 6 nitrogen and oxygen atoms in total. The summed E-state index contributed by atoms with van der Waals surface area (Å²) < 4.78 is 46.4. The lowest BCUT2D eigenvalue weighted by atomic mass is 9.98. The number of aryl methyl sites for hydroxylation is 2. The van der Waals surface area contributed by atoms with Gasteiger partial charge in [0.15, 0.2) is 0 Å². The summed E-state index contributed by atoms with van der Waals surface area (Å²) in [4.78, 5) is 14.5. The summed E-state index contributed by atoms with van der Waals surface area (Å²) in [6.45, 7) is 4.32. The van der Waals surface area contributed by atoms with E-state index >= 15 is 0 Å². The number of sulfonamides is 1. The lowest BCUT2D eigenvalue weighted by Gasteiger charge is -2.33. The van der Waals surface area contributed by atoms with Gasteiger partial charge in [-0.25, -0.2) is 12.8 Å². The van der Waals surface area contributed by atoms with E-state index in [1.165, 1.54) is 17.5 Å². The van der Waals surface area contributed by atoms with E-state index in [-0.39, 0.29) is 29.6 Å². The molecule has 1 aliphatic heterocycles. The highest BCUT2D eigenvalue weighted by Crippen LogP contribution is 2.31. The largest absolute Gasteiger partial charge is 0.495 e. The van der Waals surface area contributed by atoms with Gasteiger partial charge >= 0.3 is 0 Å². The fraction of sp³-hybridized carbons (Fsp3) is 0.409. The molecule has 0 radical (unpaired) electrons. The van der Waals surface area contributed by atoms with E-state index in [1.54, 1.807) is 11.9 Å². The summed E-state index contributed by atoms with van der Waals surface area (Å²) in [5.41, 5.74) is 2.99. The van der Waals surface area contributed by atoms with Crippen molar-refractivity contribution in [1.29, 1.82) is 0 Å². The summed E-state index contributed by atoms with van der Waals surface area (Å²) in [6, 6.07) is 9.20. The number of hydrogen-bond donors (Lipinski definition) is 0. The van der Waals surface area contributed by atoms with Crippen LogP contribution in [0.2, 0.25) is 0 Å². The number of benzene rings is 2. The molecule has 3 rings (SSSR count). The molecule has 2 aromatic carbocycles. The Labute approximate surface area is 177 Å². The fourth-order valence-corrected chi connectivity index (χ4v) is 5.38. The number of methoxy groups -OCH3 is 1. The SMILES string of the molecule is COc1ccc(F)cc1S(=O)(=O)N1CCC[C@@H](C(=O)N(C)c2ccc(C)c(C)c2)C1. The van der Waals surface area contributed by atoms with Gasteiger partial charge in [-0.15, -0.1) is 0 Å². The van der Waals surface area contributed by atoms with Crippen LogP contribution in [0.5, 0.6) is 5.75 Å². The number of carbonyl (C=O) groups excluding carboxylic acids is 1. The average molecular weight is 435 g/mol. The Balaban J connectivity index is 1.83. The Morgan fingerprint density at radius 3 is 2.57 bits per heavy atom. The topological polar surface area (TPSA) is 66.9 Å². The summed E-state index contributed by atoms with van der Waals surface area (Å²) in [6.07, 6.45) is 1.15. The van der Waals surface area contributed by atoms with Crippen LogP contribution < -0.4 is 9.64 Å². The smallest absolute Gasteiger partial charge is 0.246 e. The van der Waals surface area contributed by atoms with Crippen molar-refractivity contribution in [3.05, 3.63) is 53.3 Å². The summed E-state index contributed by atoms with van der Waals surface area (Å²) in [5.74, 6) is -1.19. The van der Waals surface area contributed by atoms with Crippen molar-refractivity contribution >= 4 is 21.6 Å². The van der Waals surface area contributed by atoms with Gasteiger partial charge in [0.2, 0.25) is 15.9 Å². The van der Waals surface area contributed by atoms with E-state index in [4.69, 9.17) is 4.74 Å². The van der Waals surface area contributed by atoms with E-state index in [0.29, 0.717) is 12.8 Å². The van der Waals surface area contributed by atoms with Crippen LogP contribution in [0.4, 0.5) is 10.1 Å². The number of amides is 1. The molecule has 0 aromatic heterocycles. The van der Waals surface area contributed by atoms with Gasteiger partial charge < -0.3 is 9.64 Å². The minimum absolute atomic E-state index is 0.0516. The predicted molar refractivity (Wildman–Crippen MR) is 114 cm³/mol. The molecule has 1 amide bonds. The quantitative estimate of drug-likeness (QED) is 0.722. The van der Waals surface area contributed by atoms with Gasteiger partial charge in [0.1, 0.15) is 16.5 Å². The zero-order valence-electron chi connectivity index (χ0n) is 17.7. The first-order valence-corrected chi connectivity index (χ1v) is 11.3. The predicted octanol–water partition coefficient (Wildman–Crippen LogP) is 3.51. The van der Waals surface area contributed by atoms with Crippen molar-refractivity contribution in [3.8, 4) is 5.75 Å². The van der Waals surface area contributed by atoms with Crippen LogP contribution in [-0.2, 0) is 14.8 Å². The van der Waals surface area contributed by atoms with Crippen LogP contribution in [0, 0.1) is 25.6 Å². The van der Waals surface area contributed by atoms with Gasteiger partial charge in [-0.2, -0.15) is 4.31 Å². The molecule has 1 heterocycles. The number of hydrogen-bond acceptors (Lipinski definition) is 4. The third-order valence-electron chi connectivity index (χ3n) is 5.69. The number of rotatable bonds is 5. The Morgan fingerprint density at radius 1 is 1.17 bits per heavy atom. The molecule has 0 N–H and O–H groups in total. The van der Waals surface area contributed by atoms with Gasteiger partial charge in [0.25, 0.3) is 0 Å². The van der Waals surface area contributed by atoms with Crippen molar-refractivity contribution in [1.82, 2.24) is 4.31 Å².